The molecule has 192 valence electrons. The van der Waals surface area contributed by atoms with E-state index in [-0.39, 0.29) is 0 Å². The van der Waals surface area contributed by atoms with E-state index >= 15 is 0 Å². The van der Waals surface area contributed by atoms with E-state index in [0.717, 1.165) is 36.9 Å². The third-order valence-electron chi connectivity index (χ3n) is 7.29. The van der Waals surface area contributed by atoms with Crippen LogP contribution in [-0.2, 0) is 12.6 Å². The van der Waals surface area contributed by atoms with Gasteiger partial charge in [-0.1, -0.05) is 6.07 Å². The van der Waals surface area contributed by atoms with E-state index in [2.05, 4.69) is 127 Å². The average molecular weight is 518 g/mol. The zero-order valence-electron chi connectivity index (χ0n) is 21.9. The zero-order valence-corrected chi connectivity index (χ0v) is 22.9. The van der Waals surface area contributed by atoms with E-state index in [1.165, 1.54) is 27.9 Å². The first-order chi connectivity index (χ1) is 18.9. The van der Waals surface area contributed by atoms with Crippen molar-refractivity contribution in [3.63, 3.8) is 0 Å². The average Bonchev–Trinajstić information content (AvgIpc) is 3.00. The molecule has 0 spiro atoms. The van der Waals surface area contributed by atoms with Crippen molar-refractivity contribution in [2.45, 2.75) is 31.8 Å². The van der Waals surface area contributed by atoms with E-state index in [0.29, 0.717) is 6.61 Å². The molecule has 5 aromatic rings. The van der Waals surface area contributed by atoms with Gasteiger partial charge in [-0.3, -0.25) is 0 Å². The molecule has 0 bridgehead atoms. The minimum atomic E-state index is -2.44. The number of pyridine rings is 1. The van der Waals surface area contributed by atoms with Crippen LogP contribution in [0.3, 0.4) is 0 Å². The van der Waals surface area contributed by atoms with Crippen molar-refractivity contribution in [2.75, 3.05) is 6.61 Å². The van der Waals surface area contributed by atoms with Gasteiger partial charge >= 0.3 is 222 Å². The number of ether oxygens (including phenoxy) is 1. The molecule has 1 aromatic heterocycles. The van der Waals surface area contributed by atoms with Gasteiger partial charge in [0.15, 0.2) is 0 Å². The third kappa shape index (κ3) is 6.21. The Hall–Kier alpha value is -3.74. The molecule has 1 heterocycles. The minimum absolute atomic E-state index is 0.712. The molecule has 0 aliphatic rings. The van der Waals surface area contributed by atoms with Crippen LogP contribution in [0.2, 0.25) is 0 Å². The van der Waals surface area contributed by atoms with Gasteiger partial charge in [0, 0.05) is 0 Å². The van der Waals surface area contributed by atoms with Crippen LogP contribution in [-0.4, -0.2) is 11.6 Å². The van der Waals surface area contributed by atoms with Crippen molar-refractivity contribution in [3.05, 3.63) is 151 Å². The van der Waals surface area contributed by atoms with Crippen LogP contribution in [0.5, 0.6) is 5.75 Å². The zero-order chi connectivity index (χ0) is 25.9. The van der Waals surface area contributed by atoms with Gasteiger partial charge in [0.1, 0.15) is 0 Å². The Bertz CT molecular complexity index is 1280. The first-order valence-corrected chi connectivity index (χ1v) is 15.8. The fourth-order valence-corrected chi connectivity index (χ4v) is 10.0. The molecular weight excluding hydrogens is 481 g/mol. The fourth-order valence-electron chi connectivity index (χ4n) is 5.35. The molecule has 2 nitrogen and oxygen atoms in total. The number of hydrogen-bond acceptors (Lipinski definition) is 2. The van der Waals surface area contributed by atoms with Crippen molar-refractivity contribution in [1.82, 2.24) is 4.98 Å². The quantitative estimate of drug-likeness (QED) is 0.130. The molecule has 38 heavy (non-hydrogen) atoms. The Balaban J connectivity index is 1.39. The number of aromatic nitrogens is 1. The summed E-state index contributed by atoms with van der Waals surface area (Å²) in [6.07, 6.45) is 7.25. The van der Waals surface area contributed by atoms with Crippen molar-refractivity contribution >= 4 is 23.2 Å². The number of hydrogen-bond donors (Lipinski definition) is 0. The standard InChI is InChI=1S/C35H36NOP/c1-6-17-30(18-7-1)19-8-5-15-28-37-35-26-16-27-36-34(35)29-38(31-20-9-2-10-21-31,32-22-11-3-12-23-32)33-24-13-4-14-25-33/h1-4,6-7,9-14,16-18,20-27,38H,5,8,15,19,28-29H2. The van der Waals surface area contributed by atoms with Crippen LogP contribution < -0.4 is 20.7 Å². The van der Waals surface area contributed by atoms with Crippen LogP contribution in [0, 0.1) is 0 Å². The van der Waals surface area contributed by atoms with Gasteiger partial charge in [0.05, 0.1) is 0 Å². The maximum absolute atomic E-state index is 6.40. The predicted molar refractivity (Wildman–Crippen MR) is 164 cm³/mol. The Kier molecular flexibility index (Phi) is 8.98. The summed E-state index contributed by atoms with van der Waals surface area (Å²) >= 11 is 0. The van der Waals surface area contributed by atoms with Gasteiger partial charge in [-0.2, -0.15) is 0 Å². The number of nitrogens with zero attached hydrogens (tertiary/aromatic N) is 1. The molecule has 0 radical (unpaired) electrons. The monoisotopic (exact) mass is 517 g/mol. The second-order valence-corrected chi connectivity index (χ2v) is 13.7. The number of aryl methyl sites for hydroxylation is 1. The summed E-state index contributed by atoms with van der Waals surface area (Å²) in [5.74, 6) is 0.912. The molecule has 0 atom stereocenters. The summed E-state index contributed by atoms with van der Waals surface area (Å²) in [4.78, 5) is 4.90. The molecule has 0 aliphatic carbocycles. The number of benzene rings is 4. The van der Waals surface area contributed by atoms with Crippen molar-refractivity contribution in [1.29, 1.82) is 0 Å². The molecule has 4 aromatic carbocycles. The molecule has 0 fully saturated rings. The van der Waals surface area contributed by atoms with E-state index in [1.807, 2.05) is 12.3 Å². The molecule has 0 saturated heterocycles. The van der Waals surface area contributed by atoms with Gasteiger partial charge in [-0.15, -0.1) is 0 Å². The van der Waals surface area contributed by atoms with Gasteiger partial charge in [-0.25, -0.2) is 0 Å². The molecule has 0 unspecified atom stereocenters. The summed E-state index contributed by atoms with van der Waals surface area (Å²) in [7, 11) is -2.44. The molecule has 0 amide bonds. The Morgan fingerprint density at radius 2 is 1.05 bits per heavy atom. The first-order valence-electron chi connectivity index (χ1n) is 13.6. The molecular formula is C35H36NOP. The third-order valence-corrected chi connectivity index (χ3v) is 12.1. The Morgan fingerprint density at radius 1 is 0.526 bits per heavy atom. The van der Waals surface area contributed by atoms with E-state index < -0.39 is 7.26 Å². The molecule has 5 rings (SSSR count). The van der Waals surface area contributed by atoms with Crippen LogP contribution in [0.4, 0.5) is 0 Å². The summed E-state index contributed by atoms with van der Waals surface area (Å²) in [6, 6.07) is 47.8. The van der Waals surface area contributed by atoms with E-state index in [9.17, 15) is 0 Å². The summed E-state index contributed by atoms with van der Waals surface area (Å²) in [6.45, 7) is 0.712. The molecule has 3 heteroatoms. The summed E-state index contributed by atoms with van der Waals surface area (Å²) in [5.41, 5.74) is 2.45. The SMILES string of the molecule is c1ccc(CCCCCOc2cccnc2C[PH](c2ccccc2)(c2ccccc2)c2ccccc2)cc1. The number of rotatable bonds is 12. The topological polar surface area (TPSA) is 22.1 Å². The first kappa shape index (κ1) is 25.9. The normalized spacial score (nSPS) is 11.7. The second kappa shape index (κ2) is 13.2. The second-order valence-electron chi connectivity index (χ2n) is 9.77. The molecule has 0 aliphatic heterocycles. The van der Waals surface area contributed by atoms with Crippen LogP contribution in [0.1, 0.15) is 30.5 Å². The van der Waals surface area contributed by atoms with Gasteiger partial charge in [-0.05, 0) is 0 Å². The van der Waals surface area contributed by atoms with Crippen molar-refractivity contribution in [3.8, 4) is 5.75 Å². The van der Waals surface area contributed by atoms with Crippen LogP contribution in [0.15, 0.2) is 140 Å². The number of unbranched alkanes of at least 4 members (excludes halogenated alkanes) is 2. The van der Waals surface area contributed by atoms with Gasteiger partial charge in [0.25, 0.3) is 0 Å². The van der Waals surface area contributed by atoms with Crippen LogP contribution >= 0.6 is 7.26 Å². The van der Waals surface area contributed by atoms with Gasteiger partial charge < -0.3 is 0 Å². The Labute approximate surface area is 227 Å². The maximum atomic E-state index is 6.40. The van der Waals surface area contributed by atoms with Crippen molar-refractivity contribution in [2.24, 2.45) is 0 Å². The van der Waals surface area contributed by atoms with Crippen molar-refractivity contribution < 1.29 is 4.74 Å². The Morgan fingerprint density at radius 3 is 1.61 bits per heavy atom. The van der Waals surface area contributed by atoms with Crippen LogP contribution in [0.25, 0.3) is 0 Å². The van der Waals surface area contributed by atoms with Gasteiger partial charge in [0.2, 0.25) is 0 Å². The van der Waals surface area contributed by atoms with E-state index in [4.69, 9.17) is 9.72 Å². The summed E-state index contributed by atoms with van der Waals surface area (Å²) in [5, 5.41) is 4.15. The molecule has 0 N–H and O–H groups in total. The van der Waals surface area contributed by atoms with E-state index in [1.54, 1.807) is 0 Å². The summed E-state index contributed by atoms with van der Waals surface area (Å²) < 4.78 is 6.40. The molecule has 0 saturated carbocycles. The predicted octanol–water partition coefficient (Wildman–Crippen LogP) is 7.10. The fraction of sp³-hybridized carbons (Fsp3) is 0.171.